The summed E-state index contributed by atoms with van der Waals surface area (Å²) in [5.74, 6) is -3.33. The van der Waals surface area contributed by atoms with E-state index < -0.39 is 29.6 Å². The Morgan fingerprint density at radius 3 is 1.79 bits per heavy atom. The topological polar surface area (TPSA) is 101 Å². The normalized spacial score (nSPS) is 15.6. The summed E-state index contributed by atoms with van der Waals surface area (Å²) in [6.45, 7) is 0. The molecule has 0 saturated carbocycles. The van der Waals surface area contributed by atoms with Crippen molar-refractivity contribution < 1.29 is 28.7 Å². The van der Waals surface area contributed by atoms with Gasteiger partial charge in [-0.25, -0.2) is 14.6 Å². The number of rotatable bonds is 4. The zero-order valence-corrected chi connectivity index (χ0v) is 14.8. The fourth-order valence-electron chi connectivity index (χ4n) is 3.02. The van der Waals surface area contributed by atoms with E-state index in [0.29, 0.717) is 0 Å². The molecule has 142 valence electrons. The van der Waals surface area contributed by atoms with Gasteiger partial charge in [0.1, 0.15) is 5.75 Å². The summed E-state index contributed by atoms with van der Waals surface area (Å²) in [6, 6.07) is 12.4. The summed E-state index contributed by atoms with van der Waals surface area (Å²) >= 11 is 0. The van der Waals surface area contributed by atoms with Gasteiger partial charge in [-0.1, -0.05) is 24.3 Å². The van der Waals surface area contributed by atoms with Crippen molar-refractivity contribution in [2.45, 2.75) is 0 Å². The highest BCUT2D eigenvalue weighted by atomic mass is 16.5. The van der Waals surface area contributed by atoms with Crippen LogP contribution in [0.5, 0.6) is 5.75 Å². The van der Waals surface area contributed by atoms with Crippen LogP contribution in [-0.4, -0.2) is 29.6 Å². The highest BCUT2D eigenvalue weighted by Gasteiger charge is 2.36. The molecule has 29 heavy (non-hydrogen) atoms. The molecule has 0 aromatic heterocycles. The van der Waals surface area contributed by atoms with Crippen LogP contribution in [0.3, 0.4) is 0 Å². The van der Waals surface area contributed by atoms with Crippen LogP contribution >= 0.6 is 0 Å². The average Bonchev–Trinajstić information content (AvgIpc) is 3.22. The number of carbonyl (C=O) groups excluding carboxylic acids is 5. The molecule has 2 heterocycles. The van der Waals surface area contributed by atoms with Gasteiger partial charge in [-0.15, -0.1) is 0 Å². The number of benzene rings is 2. The summed E-state index contributed by atoms with van der Waals surface area (Å²) in [7, 11) is 0. The molecule has 0 radical (unpaired) electrons. The third-order valence-electron chi connectivity index (χ3n) is 4.27. The number of hydrogen-bond donors (Lipinski definition) is 0. The van der Waals surface area contributed by atoms with Crippen LogP contribution in [0, 0.1) is 0 Å². The van der Waals surface area contributed by atoms with Crippen LogP contribution in [-0.2, 0) is 19.2 Å². The molecule has 4 amide bonds. The van der Waals surface area contributed by atoms with Crippen LogP contribution in [0.2, 0.25) is 0 Å². The van der Waals surface area contributed by atoms with Crippen LogP contribution in [0.1, 0.15) is 10.4 Å². The van der Waals surface area contributed by atoms with Gasteiger partial charge < -0.3 is 4.74 Å². The second kappa shape index (κ2) is 7.01. The molecule has 0 aliphatic carbocycles. The van der Waals surface area contributed by atoms with Crippen molar-refractivity contribution in [3.63, 3.8) is 0 Å². The zero-order chi connectivity index (χ0) is 20.5. The smallest absolute Gasteiger partial charge is 0.345 e. The van der Waals surface area contributed by atoms with E-state index in [2.05, 4.69) is 0 Å². The number of anilines is 2. The molecule has 0 atom stereocenters. The average molecular weight is 388 g/mol. The Hall–Kier alpha value is -4.33. The van der Waals surface area contributed by atoms with E-state index in [1.165, 1.54) is 18.2 Å². The van der Waals surface area contributed by atoms with Gasteiger partial charge in [-0.05, 0) is 24.3 Å². The van der Waals surface area contributed by atoms with Crippen molar-refractivity contribution in [2.75, 3.05) is 9.80 Å². The monoisotopic (exact) mass is 388 g/mol. The fourth-order valence-corrected chi connectivity index (χ4v) is 3.02. The molecule has 4 rings (SSSR count). The molecular weight excluding hydrogens is 376 g/mol. The fraction of sp³-hybridized carbons (Fsp3) is 0. The number of esters is 1. The molecule has 2 aromatic rings. The third-order valence-corrected chi connectivity index (χ3v) is 4.27. The van der Waals surface area contributed by atoms with Gasteiger partial charge in [-0.2, -0.15) is 0 Å². The van der Waals surface area contributed by atoms with Crippen molar-refractivity contribution in [2.24, 2.45) is 0 Å². The first kappa shape index (κ1) is 18.1. The molecule has 2 aliphatic rings. The van der Waals surface area contributed by atoms with Crippen LogP contribution in [0.4, 0.5) is 11.4 Å². The molecule has 2 aliphatic heterocycles. The molecule has 0 fully saturated rings. The van der Waals surface area contributed by atoms with Gasteiger partial charge in [0.2, 0.25) is 0 Å². The van der Waals surface area contributed by atoms with E-state index in [9.17, 15) is 24.0 Å². The van der Waals surface area contributed by atoms with E-state index >= 15 is 0 Å². The number of hydrogen-bond acceptors (Lipinski definition) is 6. The Bertz CT molecular complexity index is 1100. The van der Waals surface area contributed by atoms with Crippen molar-refractivity contribution >= 4 is 41.0 Å². The first-order valence-electron chi connectivity index (χ1n) is 8.50. The van der Waals surface area contributed by atoms with Crippen LogP contribution in [0.15, 0.2) is 72.8 Å². The van der Waals surface area contributed by atoms with Crippen molar-refractivity contribution in [1.82, 2.24) is 0 Å². The molecule has 0 spiro atoms. The van der Waals surface area contributed by atoms with E-state index in [0.717, 1.165) is 34.1 Å². The predicted octanol–water partition coefficient (Wildman–Crippen LogP) is 1.76. The summed E-state index contributed by atoms with van der Waals surface area (Å²) < 4.78 is 5.33. The first-order chi connectivity index (χ1) is 14.0. The summed E-state index contributed by atoms with van der Waals surface area (Å²) in [5.41, 5.74) is -0.416. The molecule has 2 aromatic carbocycles. The van der Waals surface area contributed by atoms with E-state index in [1.807, 2.05) is 0 Å². The molecule has 0 unspecified atom stereocenters. The Kier molecular flexibility index (Phi) is 4.36. The maximum Gasteiger partial charge on any atom is 0.345 e. The highest BCUT2D eigenvalue weighted by Crippen LogP contribution is 2.37. The predicted molar refractivity (Wildman–Crippen MR) is 101 cm³/mol. The summed E-state index contributed by atoms with van der Waals surface area (Å²) in [6.07, 6.45) is 4.20. The van der Waals surface area contributed by atoms with Gasteiger partial charge in [-0.3, -0.25) is 19.2 Å². The van der Waals surface area contributed by atoms with Gasteiger partial charge >= 0.3 is 5.97 Å². The Morgan fingerprint density at radius 2 is 1.21 bits per heavy atom. The van der Waals surface area contributed by atoms with E-state index in [1.54, 1.807) is 30.3 Å². The van der Waals surface area contributed by atoms with Crippen molar-refractivity contribution in [3.8, 4) is 5.75 Å². The summed E-state index contributed by atoms with van der Waals surface area (Å²) in [5, 5.41) is 0. The maximum atomic E-state index is 12.8. The molecule has 0 bridgehead atoms. The standard InChI is InChI=1S/C21H12N2O6/c24-16-9-10-17(25)22(16)15-8-4-7-14(20(15)23-18(26)11-12-19(23)27)21(28)29-13-5-2-1-3-6-13/h1-12H. The van der Waals surface area contributed by atoms with Gasteiger partial charge in [0, 0.05) is 24.3 Å². The lowest BCUT2D eigenvalue weighted by molar-refractivity contribution is -0.122. The zero-order valence-electron chi connectivity index (χ0n) is 14.8. The lowest BCUT2D eigenvalue weighted by atomic mass is 10.1. The number of amides is 4. The number of imide groups is 2. The third kappa shape index (κ3) is 3.12. The molecule has 0 N–H and O–H groups in total. The van der Waals surface area contributed by atoms with Gasteiger partial charge in [0.15, 0.2) is 0 Å². The number of nitrogens with zero attached hydrogens (tertiary/aromatic N) is 2. The highest BCUT2D eigenvalue weighted by molar-refractivity contribution is 6.34. The molecule has 8 heteroatoms. The lowest BCUT2D eigenvalue weighted by Gasteiger charge is -2.24. The molecule has 8 nitrogen and oxygen atoms in total. The van der Waals surface area contributed by atoms with Crippen molar-refractivity contribution in [1.29, 1.82) is 0 Å². The first-order valence-corrected chi connectivity index (χ1v) is 8.50. The minimum absolute atomic E-state index is 0.0714. The van der Waals surface area contributed by atoms with Crippen LogP contribution < -0.4 is 14.5 Å². The van der Waals surface area contributed by atoms with E-state index in [4.69, 9.17) is 4.74 Å². The maximum absolute atomic E-state index is 12.8. The van der Waals surface area contributed by atoms with Crippen molar-refractivity contribution in [3.05, 3.63) is 78.4 Å². The Balaban J connectivity index is 1.85. The molecule has 0 saturated heterocycles. The largest absolute Gasteiger partial charge is 0.423 e. The quantitative estimate of drug-likeness (QED) is 0.449. The number of carbonyl (C=O) groups is 5. The summed E-state index contributed by atoms with van der Waals surface area (Å²) in [4.78, 5) is 63.3. The van der Waals surface area contributed by atoms with Crippen LogP contribution in [0.25, 0.3) is 0 Å². The SMILES string of the molecule is O=C(Oc1ccccc1)c1cccc(N2C(=O)C=CC2=O)c1N1C(=O)C=CC1=O. The second-order valence-corrected chi connectivity index (χ2v) is 6.07. The lowest BCUT2D eigenvalue weighted by Crippen LogP contribution is -2.36. The Morgan fingerprint density at radius 1 is 0.655 bits per heavy atom. The second-order valence-electron chi connectivity index (χ2n) is 6.07. The minimum atomic E-state index is -0.854. The number of ether oxygens (including phenoxy) is 1. The van der Waals surface area contributed by atoms with Gasteiger partial charge in [0.25, 0.3) is 23.6 Å². The minimum Gasteiger partial charge on any atom is -0.423 e. The number of para-hydroxylation sites is 2. The molecular formula is C21H12N2O6. The Labute approximate surface area is 164 Å². The van der Waals surface area contributed by atoms with E-state index in [-0.39, 0.29) is 22.7 Å². The van der Waals surface area contributed by atoms with Gasteiger partial charge in [0.05, 0.1) is 16.9 Å².